The van der Waals surface area contributed by atoms with Crippen LogP contribution in [-0.4, -0.2) is 50.3 Å². The third kappa shape index (κ3) is 5.64. The lowest BCUT2D eigenvalue weighted by atomic mass is 9.60. The highest BCUT2D eigenvalue weighted by Gasteiger charge is 2.52. The number of fused-ring (bicyclic) bond motifs is 2. The largest absolute Gasteiger partial charge is 0.416 e. The van der Waals surface area contributed by atoms with Crippen molar-refractivity contribution < 1.29 is 30.8 Å². The average molecular weight is 674 g/mol. The van der Waals surface area contributed by atoms with Crippen LogP contribution in [0.15, 0.2) is 77.6 Å². The summed E-state index contributed by atoms with van der Waals surface area (Å²) in [5.74, 6) is -1.05. The zero-order valence-electron chi connectivity index (χ0n) is 24.7. The Morgan fingerprint density at radius 1 is 1.09 bits per heavy atom. The number of hydrogen-bond donors (Lipinski definition) is 0. The molecule has 4 aromatic rings. The number of sulfonamides is 1. The fourth-order valence-corrected chi connectivity index (χ4v) is 8.51. The molecule has 3 heterocycles. The molecule has 2 atom stereocenters. The standard InChI is InChI=1S/C32H28ClF4N5O3S/c1-19(2)42(46(44,45)26-9-10-29(33)39-18-26)25-6-3-21-14-28-20(17-40-41(28)24-7-4-23(34)5-8-24)15-31(21,16-25)30(43)27-13-22(11-12-38-27)32(35,36)37/h4-5,7-14,17-19,25H,3,6,15-16H2,1-2H3/t25-,31-/m0/s1. The van der Waals surface area contributed by atoms with Gasteiger partial charge in [0.05, 0.1) is 28.6 Å². The van der Waals surface area contributed by atoms with Crippen molar-refractivity contribution in [1.29, 1.82) is 0 Å². The molecule has 1 fully saturated rings. The Kier molecular flexibility index (Phi) is 8.14. The van der Waals surface area contributed by atoms with Gasteiger partial charge in [-0.15, -0.1) is 0 Å². The van der Waals surface area contributed by atoms with Gasteiger partial charge in [0.1, 0.15) is 21.6 Å². The van der Waals surface area contributed by atoms with Crippen LogP contribution >= 0.6 is 11.6 Å². The van der Waals surface area contributed by atoms with E-state index in [-0.39, 0.29) is 35.0 Å². The molecule has 0 amide bonds. The molecule has 1 aromatic carbocycles. The number of rotatable bonds is 7. The van der Waals surface area contributed by atoms with Gasteiger partial charge in [-0.1, -0.05) is 17.2 Å². The lowest BCUT2D eigenvalue weighted by molar-refractivity contribution is -0.137. The normalized spacial score (nSPS) is 19.9. The molecule has 6 rings (SSSR count). The van der Waals surface area contributed by atoms with Crippen LogP contribution < -0.4 is 0 Å². The molecule has 0 unspecified atom stereocenters. The zero-order chi connectivity index (χ0) is 33.0. The highest BCUT2D eigenvalue weighted by Crippen LogP contribution is 2.52. The monoisotopic (exact) mass is 673 g/mol. The maximum atomic E-state index is 14.5. The molecule has 1 saturated carbocycles. The van der Waals surface area contributed by atoms with Crippen molar-refractivity contribution in [2.45, 2.75) is 62.7 Å². The summed E-state index contributed by atoms with van der Waals surface area (Å²) in [6, 6.07) is 8.78. The van der Waals surface area contributed by atoms with Crippen molar-refractivity contribution in [3.8, 4) is 5.69 Å². The van der Waals surface area contributed by atoms with E-state index in [2.05, 4.69) is 15.1 Å². The maximum Gasteiger partial charge on any atom is 0.416 e. The van der Waals surface area contributed by atoms with Gasteiger partial charge in [-0.2, -0.15) is 22.6 Å². The number of aromatic nitrogens is 4. The van der Waals surface area contributed by atoms with Gasteiger partial charge in [0, 0.05) is 24.5 Å². The molecular weight excluding hydrogens is 646 g/mol. The first-order chi connectivity index (χ1) is 21.7. The summed E-state index contributed by atoms with van der Waals surface area (Å²) in [6.07, 6.45) is 1.47. The molecule has 0 spiro atoms. The minimum atomic E-state index is -4.70. The molecular formula is C32H28ClF4N5O3S. The molecule has 2 aliphatic rings. The lowest BCUT2D eigenvalue weighted by Crippen LogP contribution is -2.52. The Hall–Kier alpha value is -3.94. The van der Waals surface area contributed by atoms with Gasteiger partial charge in [0.25, 0.3) is 0 Å². The first-order valence-electron chi connectivity index (χ1n) is 14.5. The molecule has 46 heavy (non-hydrogen) atoms. The number of benzene rings is 1. The summed E-state index contributed by atoms with van der Waals surface area (Å²) >= 11 is 5.91. The van der Waals surface area contributed by atoms with E-state index in [0.29, 0.717) is 28.9 Å². The van der Waals surface area contributed by atoms with E-state index < -0.39 is 50.9 Å². The van der Waals surface area contributed by atoms with Gasteiger partial charge in [0.15, 0.2) is 5.78 Å². The number of ketones is 1. The summed E-state index contributed by atoms with van der Waals surface area (Å²) in [4.78, 5) is 22.4. The van der Waals surface area contributed by atoms with Crippen molar-refractivity contribution in [3.05, 3.63) is 106 Å². The van der Waals surface area contributed by atoms with Crippen LogP contribution in [0, 0.1) is 11.2 Å². The van der Waals surface area contributed by atoms with Gasteiger partial charge in [-0.3, -0.25) is 9.78 Å². The number of hydrogen-bond acceptors (Lipinski definition) is 6. The molecule has 14 heteroatoms. The summed E-state index contributed by atoms with van der Waals surface area (Å²) in [5, 5.41) is 4.61. The quantitative estimate of drug-likeness (QED) is 0.120. The van der Waals surface area contributed by atoms with Crippen LogP contribution in [0.2, 0.25) is 5.15 Å². The van der Waals surface area contributed by atoms with Gasteiger partial charge < -0.3 is 0 Å². The Labute approximate surface area is 267 Å². The first kappa shape index (κ1) is 32.0. The first-order valence-corrected chi connectivity index (χ1v) is 16.3. The number of carbonyl (C=O) groups is 1. The summed E-state index contributed by atoms with van der Waals surface area (Å²) in [7, 11) is -4.12. The Morgan fingerprint density at radius 2 is 1.83 bits per heavy atom. The minimum Gasteiger partial charge on any atom is -0.291 e. The zero-order valence-corrected chi connectivity index (χ0v) is 26.2. The van der Waals surface area contributed by atoms with Crippen molar-refractivity contribution in [2.24, 2.45) is 5.41 Å². The van der Waals surface area contributed by atoms with E-state index in [9.17, 15) is 30.8 Å². The van der Waals surface area contributed by atoms with Crippen LogP contribution in [0.3, 0.4) is 0 Å². The second-order valence-electron chi connectivity index (χ2n) is 11.8. The minimum absolute atomic E-state index is 0.00477. The van der Waals surface area contributed by atoms with E-state index >= 15 is 0 Å². The predicted molar refractivity (Wildman–Crippen MR) is 162 cm³/mol. The smallest absolute Gasteiger partial charge is 0.291 e. The second kappa shape index (κ2) is 11.7. The highest BCUT2D eigenvalue weighted by atomic mass is 35.5. The summed E-state index contributed by atoms with van der Waals surface area (Å²) < 4.78 is 85.7. The van der Waals surface area contributed by atoms with E-state index in [0.717, 1.165) is 18.3 Å². The van der Waals surface area contributed by atoms with E-state index in [1.165, 1.54) is 34.8 Å². The summed E-state index contributed by atoms with van der Waals surface area (Å²) in [6.45, 7) is 3.45. The van der Waals surface area contributed by atoms with Crippen LogP contribution in [0.25, 0.3) is 11.8 Å². The van der Waals surface area contributed by atoms with Crippen molar-refractivity contribution in [3.63, 3.8) is 0 Å². The number of nitrogens with zero attached hydrogens (tertiary/aromatic N) is 5. The number of carbonyl (C=O) groups excluding carboxylic acids is 1. The van der Waals surface area contributed by atoms with Crippen LogP contribution in [0.5, 0.6) is 0 Å². The molecule has 0 N–H and O–H groups in total. The molecule has 240 valence electrons. The van der Waals surface area contributed by atoms with Crippen molar-refractivity contribution in [1.82, 2.24) is 24.1 Å². The van der Waals surface area contributed by atoms with Crippen molar-refractivity contribution in [2.75, 3.05) is 0 Å². The molecule has 8 nitrogen and oxygen atoms in total. The highest BCUT2D eigenvalue weighted by molar-refractivity contribution is 7.89. The topological polar surface area (TPSA) is 98.0 Å². The maximum absolute atomic E-state index is 14.5. The third-order valence-corrected chi connectivity index (χ3v) is 10.9. The summed E-state index contributed by atoms with van der Waals surface area (Å²) in [5.41, 5.74) is -0.279. The fraction of sp³-hybridized carbons (Fsp3) is 0.312. The predicted octanol–water partition coefficient (Wildman–Crippen LogP) is 6.93. The molecule has 0 aliphatic heterocycles. The SMILES string of the molecule is CC(C)N([C@H]1CCC2=Cc3c(cnn3-c3ccc(F)cc3)C[C@]2(C(=O)c2cc(C(F)(F)F)ccn2)C1)S(=O)(=O)c1ccc(Cl)nc1. The number of pyridine rings is 2. The molecule has 0 saturated heterocycles. The average Bonchev–Trinajstić information content (AvgIpc) is 3.41. The molecule has 3 aromatic heterocycles. The Morgan fingerprint density at radius 3 is 2.48 bits per heavy atom. The van der Waals surface area contributed by atoms with Gasteiger partial charge in [-0.05, 0) is 99.7 Å². The van der Waals surface area contributed by atoms with E-state index in [1.54, 1.807) is 42.9 Å². The molecule has 0 bridgehead atoms. The number of allylic oxidation sites excluding steroid dienone is 1. The lowest BCUT2D eigenvalue weighted by Gasteiger charge is -2.47. The van der Waals surface area contributed by atoms with Crippen LogP contribution in [-0.2, 0) is 22.6 Å². The van der Waals surface area contributed by atoms with E-state index in [4.69, 9.17) is 11.6 Å². The van der Waals surface area contributed by atoms with Gasteiger partial charge >= 0.3 is 6.18 Å². The van der Waals surface area contributed by atoms with Crippen LogP contribution in [0.4, 0.5) is 17.6 Å². The van der Waals surface area contributed by atoms with Gasteiger partial charge in [-0.25, -0.2) is 22.5 Å². The number of Topliss-reactive ketones (excluding diaryl/α,β-unsaturated/α-hetero) is 1. The number of halogens is 5. The molecule has 2 aliphatic carbocycles. The fourth-order valence-electron chi connectivity index (χ4n) is 6.60. The van der Waals surface area contributed by atoms with E-state index in [1.807, 2.05) is 0 Å². The van der Waals surface area contributed by atoms with Gasteiger partial charge in [0.2, 0.25) is 10.0 Å². The van der Waals surface area contributed by atoms with Crippen molar-refractivity contribution >= 4 is 33.5 Å². The van der Waals surface area contributed by atoms with Crippen LogP contribution in [0.1, 0.15) is 60.4 Å². The third-order valence-electron chi connectivity index (χ3n) is 8.61. The second-order valence-corrected chi connectivity index (χ2v) is 14.0. The Balaban J connectivity index is 1.47. The molecule has 0 radical (unpaired) electrons. The number of alkyl halides is 3. The Bertz CT molecular complexity index is 1940.